The molecule has 0 saturated carbocycles. The lowest BCUT2D eigenvalue weighted by Crippen LogP contribution is -2.00. The smallest absolute Gasteiger partial charge is 0.324 e. The molecule has 0 fully saturated rings. The average molecular weight is 262 g/mol. The molecule has 2 aromatic rings. The lowest BCUT2D eigenvalue weighted by molar-refractivity contribution is -0.380. The largest absolute Gasteiger partial charge is 0.381 e. The quantitative estimate of drug-likeness (QED) is 0.672. The monoisotopic (exact) mass is 262 g/mol. The van der Waals surface area contributed by atoms with Gasteiger partial charge in [0.05, 0.1) is 4.92 Å². The van der Waals surface area contributed by atoms with Gasteiger partial charge in [-0.05, 0) is 36.6 Å². The van der Waals surface area contributed by atoms with Crippen LogP contribution in [-0.4, -0.2) is 4.92 Å². The van der Waals surface area contributed by atoms with Crippen LogP contribution in [0.5, 0.6) is 0 Å². The van der Waals surface area contributed by atoms with Crippen LogP contribution < -0.4 is 5.32 Å². The molecular formula is C13H14N2O2S. The Kier molecular flexibility index (Phi) is 3.62. The summed E-state index contributed by atoms with van der Waals surface area (Å²) in [4.78, 5) is 10.2. The standard InChI is InChI=1S/C13H14N2O2S/c1-9-3-4-10(2)12(5-9)14-7-11-6-13(15(16)17)18-8-11/h3-6,8,14H,7H2,1-2H3. The van der Waals surface area contributed by atoms with Crippen LogP contribution in [-0.2, 0) is 6.54 Å². The molecule has 0 saturated heterocycles. The van der Waals surface area contributed by atoms with Gasteiger partial charge in [-0.25, -0.2) is 0 Å². The van der Waals surface area contributed by atoms with E-state index in [-0.39, 0.29) is 9.92 Å². The number of rotatable bonds is 4. The molecule has 0 atom stereocenters. The highest BCUT2D eigenvalue weighted by Crippen LogP contribution is 2.24. The van der Waals surface area contributed by atoms with Crippen LogP contribution in [0.2, 0.25) is 0 Å². The van der Waals surface area contributed by atoms with Gasteiger partial charge in [-0.3, -0.25) is 10.1 Å². The fourth-order valence-corrected chi connectivity index (χ4v) is 2.40. The van der Waals surface area contributed by atoms with Crippen LogP contribution >= 0.6 is 11.3 Å². The number of aryl methyl sites for hydroxylation is 2. The van der Waals surface area contributed by atoms with Gasteiger partial charge in [0.2, 0.25) is 0 Å². The Morgan fingerprint density at radius 3 is 2.78 bits per heavy atom. The van der Waals surface area contributed by atoms with Crippen LogP contribution in [0.4, 0.5) is 10.7 Å². The molecule has 1 aromatic carbocycles. The molecule has 0 aliphatic carbocycles. The van der Waals surface area contributed by atoms with Crippen LogP contribution in [0, 0.1) is 24.0 Å². The molecule has 0 amide bonds. The molecule has 1 heterocycles. The fourth-order valence-electron chi connectivity index (χ4n) is 1.67. The molecule has 0 bridgehead atoms. The number of hydrogen-bond acceptors (Lipinski definition) is 4. The molecule has 0 aliphatic rings. The van der Waals surface area contributed by atoms with E-state index >= 15 is 0 Å². The summed E-state index contributed by atoms with van der Waals surface area (Å²) in [6.45, 7) is 4.69. The second-order valence-electron chi connectivity index (χ2n) is 4.22. The summed E-state index contributed by atoms with van der Waals surface area (Å²) in [5, 5.41) is 15.9. The number of nitrogens with one attached hydrogen (secondary N) is 1. The number of benzene rings is 1. The number of nitro groups is 1. The van der Waals surface area contributed by atoms with Crippen molar-refractivity contribution in [3.05, 3.63) is 56.5 Å². The van der Waals surface area contributed by atoms with Crippen molar-refractivity contribution in [2.45, 2.75) is 20.4 Å². The summed E-state index contributed by atoms with van der Waals surface area (Å²) in [5.74, 6) is 0. The van der Waals surface area contributed by atoms with E-state index in [0.29, 0.717) is 6.54 Å². The first-order chi connectivity index (χ1) is 8.56. The summed E-state index contributed by atoms with van der Waals surface area (Å²) >= 11 is 1.16. The first-order valence-electron chi connectivity index (χ1n) is 5.59. The average Bonchev–Trinajstić information content (AvgIpc) is 2.79. The van der Waals surface area contributed by atoms with Crippen molar-refractivity contribution in [3.63, 3.8) is 0 Å². The van der Waals surface area contributed by atoms with Crippen molar-refractivity contribution in [2.24, 2.45) is 0 Å². The Bertz CT molecular complexity index is 578. The molecule has 1 aromatic heterocycles. The molecule has 0 unspecified atom stereocenters. The van der Waals surface area contributed by atoms with Gasteiger partial charge in [0, 0.05) is 23.7 Å². The van der Waals surface area contributed by atoms with Gasteiger partial charge in [0.25, 0.3) is 0 Å². The molecule has 94 valence electrons. The zero-order valence-corrected chi connectivity index (χ0v) is 11.1. The van der Waals surface area contributed by atoms with Crippen molar-refractivity contribution >= 4 is 22.0 Å². The fraction of sp³-hybridized carbons (Fsp3) is 0.231. The van der Waals surface area contributed by atoms with E-state index in [1.165, 1.54) is 11.1 Å². The second kappa shape index (κ2) is 5.18. The molecule has 1 N–H and O–H groups in total. The van der Waals surface area contributed by atoms with Gasteiger partial charge < -0.3 is 5.32 Å². The van der Waals surface area contributed by atoms with Gasteiger partial charge in [0.1, 0.15) is 0 Å². The maximum Gasteiger partial charge on any atom is 0.324 e. The molecule has 0 radical (unpaired) electrons. The van der Waals surface area contributed by atoms with Gasteiger partial charge in [-0.2, -0.15) is 0 Å². The molecule has 0 spiro atoms. The molecule has 0 aliphatic heterocycles. The predicted molar refractivity (Wildman–Crippen MR) is 74.2 cm³/mol. The third-order valence-corrected chi connectivity index (χ3v) is 3.62. The Morgan fingerprint density at radius 1 is 1.33 bits per heavy atom. The molecule has 5 heteroatoms. The number of thiophene rings is 1. The maximum absolute atomic E-state index is 10.6. The summed E-state index contributed by atoms with van der Waals surface area (Å²) in [5.41, 5.74) is 4.38. The highest BCUT2D eigenvalue weighted by atomic mass is 32.1. The van der Waals surface area contributed by atoms with E-state index in [0.717, 1.165) is 22.6 Å². The van der Waals surface area contributed by atoms with Gasteiger partial charge in [-0.15, -0.1) is 0 Å². The zero-order valence-electron chi connectivity index (χ0n) is 10.3. The number of hydrogen-bond donors (Lipinski definition) is 1. The number of anilines is 1. The van der Waals surface area contributed by atoms with Crippen LogP contribution in [0.25, 0.3) is 0 Å². The Balaban J connectivity index is 2.06. The van der Waals surface area contributed by atoms with E-state index in [1.54, 1.807) is 6.07 Å². The first kappa shape index (κ1) is 12.6. The second-order valence-corrected chi connectivity index (χ2v) is 5.11. The van der Waals surface area contributed by atoms with Crippen LogP contribution in [0.15, 0.2) is 29.6 Å². The summed E-state index contributed by atoms with van der Waals surface area (Å²) in [6.07, 6.45) is 0. The van der Waals surface area contributed by atoms with E-state index in [1.807, 2.05) is 19.2 Å². The van der Waals surface area contributed by atoms with E-state index < -0.39 is 0 Å². The van der Waals surface area contributed by atoms with Crippen LogP contribution in [0.3, 0.4) is 0 Å². The third kappa shape index (κ3) is 2.87. The van der Waals surface area contributed by atoms with E-state index in [4.69, 9.17) is 0 Å². The molecular weight excluding hydrogens is 248 g/mol. The van der Waals surface area contributed by atoms with Gasteiger partial charge in [-0.1, -0.05) is 23.5 Å². The zero-order chi connectivity index (χ0) is 13.1. The van der Waals surface area contributed by atoms with E-state index in [9.17, 15) is 10.1 Å². The number of nitrogens with zero attached hydrogens (tertiary/aromatic N) is 1. The highest BCUT2D eigenvalue weighted by molar-refractivity contribution is 7.13. The minimum atomic E-state index is -0.355. The SMILES string of the molecule is Cc1ccc(C)c(NCc2csc([N+](=O)[O-])c2)c1. The lowest BCUT2D eigenvalue weighted by Gasteiger charge is -2.09. The van der Waals surface area contributed by atoms with Gasteiger partial charge >= 0.3 is 5.00 Å². The van der Waals surface area contributed by atoms with Gasteiger partial charge in [0.15, 0.2) is 0 Å². The Labute approximate surface area is 109 Å². The molecule has 4 nitrogen and oxygen atoms in total. The highest BCUT2D eigenvalue weighted by Gasteiger charge is 2.09. The maximum atomic E-state index is 10.6. The predicted octanol–water partition coefficient (Wildman–Crippen LogP) is 3.89. The lowest BCUT2D eigenvalue weighted by atomic mass is 10.1. The van der Waals surface area contributed by atoms with Crippen molar-refractivity contribution in [1.82, 2.24) is 0 Å². The minimum absolute atomic E-state index is 0.188. The Hall–Kier alpha value is -1.88. The first-order valence-corrected chi connectivity index (χ1v) is 6.47. The third-order valence-electron chi connectivity index (χ3n) is 2.70. The van der Waals surface area contributed by atoms with Crippen molar-refractivity contribution < 1.29 is 4.92 Å². The molecule has 2 rings (SSSR count). The van der Waals surface area contributed by atoms with E-state index in [2.05, 4.69) is 23.5 Å². The summed E-state index contributed by atoms with van der Waals surface area (Å²) in [7, 11) is 0. The van der Waals surface area contributed by atoms with Crippen molar-refractivity contribution in [1.29, 1.82) is 0 Å². The summed E-state index contributed by atoms with van der Waals surface area (Å²) in [6, 6.07) is 7.82. The van der Waals surface area contributed by atoms with Crippen molar-refractivity contribution in [3.8, 4) is 0 Å². The van der Waals surface area contributed by atoms with Crippen LogP contribution in [0.1, 0.15) is 16.7 Å². The Morgan fingerprint density at radius 2 is 2.11 bits per heavy atom. The summed E-state index contributed by atoms with van der Waals surface area (Å²) < 4.78 is 0. The normalized spacial score (nSPS) is 10.3. The van der Waals surface area contributed by atoms with Crippen molar-refractivity contribution in [2.75, 3.05) is 5.32 Å². The molecule has 18 heavy (non-hydrogen) atoms. The topological polar surface area (TPSA) is 55.2 Å². The minimum Gasteiger partial charge on any atom is -0.381 e.